The summed E-state index contributed by atoms with van der Waals surface area (Å²) in [5.41, 5.74) is 8.28. The highest BCUT2D eigenvalue weighted by atomic mass is 32.2. The van der Waals surface area contributed by atoms with Crippen molar-refractivity contribution >= 4 is 35.3 Å². The van der Waals surface area contributed by atoms with Gasteiger partial charge in [-0.05, 0) is 55.8 Å². The number of aromatic nitrogens is 2. The predicted octanol–water partition coefficient (Wildman–Crippen LogP) is 3.71. The first-order valence-corrected chi connectivity index (χ1v) is 12.6. The van der Waals surface area contributed by atoms with Gasteiger partial charge in [0.05, 0.1) is 5.75 Å². The molecule has 0 aliphatic carbocycles. The summed E-state index contributed by atoms with van der Waals surface area (Å²) < 4.78 is 11.0. The molecule has 4 rings (SSSR count). The molecule has 1 aromatic heterocycles. The monoisotopic (exact) mass is 496 g/mol. The van der Waals surface area contributed by atoms with Crippen molar-refractivity contribution < 1.29 is 19.1 Å². The third-order valence-electron chi connectivity index (χ3n) is 4.74. The number of carbonyl (C=O) groups excluding carboxylic acids is 2. The average molecular weight is 497 g/mol. The molecule has 10 heteroatoms. The van der Waals surface area contributed by atoms with Crippen molar-refractivity contribution in [1.82, 2.24) is 20.8 Å². The topological polar surface area (TPSA) is 102 Å². The van der Waals surface area contributed by atoms with Crippen LogP contribution in [0.2, 0.25) is 0 Å². The number of fused-ring (bicyclic) bond motifs is 1. The van der Waals surface area contributed by atoms with Crippen molar-refractivity contribution in [3.63, 3.8) is 0 Å². The lowest BCUT2D eigenvalue weighted by Crippen LogP contribution is -2.42. The number of amides is 2. The van der Waals surface area contributed by atoms with E-state index >= 15 is 0 Å². The number of hydrogen-bond acceptors (Lipinski definition) is 8. The molecule has 1 aliphatic heterocycles. The van der Waals surface area contributed by atoms with Crippen molar-refractivity contribution in [3.05, 3.63) is 71.0 Å². The van der Waals surface area contributed by atoms with Gasteiger partial charge in [-0.1, -0.05) is 23.9 Å². The van der Waals surface area contributed by atoms with Crippen LogP contribution in [0.4, 0.5) is 0 Å². The van der Waals surface area contributed by atoms with Crippen LogP contribution in [0.15, 0.2) is 58.6 Å². The van der Waals surface area contributed by atoms with E-state index in [9.17, 15) is 9.59 Å². The van der Waals surface area contributed by atoms with Gasteiger partial charge in [-0.15, -0.1) is 11.8 Å². The normalized spacial score (nSPS) is 12.2. The quantitative estimate of drug-likeness (QED) is 0.290. The minimum Gasteiger partial charge on any atom is -0.486 e. The fraction of sp³-hybridized carbons (Fsp3) is 0.250. The lowest BCUT2D eigenvalue weighted by atomic mass is 10.1. The standard InChI is InChI=1S/C24H24N4O4S2/c1-15-11-16(2)26-24(25-15)34-13-17-3-5-18(6-4-17)23(30)28-27-22(29)14-33-19-7-8-20-21(12-19)32-10-9-31-20/h3-8,11-12H,9-10,13-14H2,1-2H3,(H,27,29)(H,28,30). The van der Waals surface area contributed by atoms with Gasteiger partial charge in [-0.25, -0.2) is 9.97 Å². The summed E-state index contributed by atoms with van der Waals surface area (Å²) in [4.78, 5) is 34.2. The van der Waals surface area contributed by atoms with Gasteiger partial charge in [0.25, 0.3) is 5.91 Å². The molecule has 0 unspecified atom stereocenters. The molecule has 2 amide bonds. The minimum atomic E-state index is -0.380. The molecule has 8 nitrogen and oxygen atoms in total. The maximum atomic E-state index is 12.4. The molecular weight excluding hydrogens is 472 g/mol. The Kier molecular flexibility index (Phi) is 7.91. The van der Waals surface area contributed by atoms with Gasteiger partial charge in [-0.2, -0.15) is 0 Å². The van der Waals surface area contributed by atoms with Crippen LogP contribution in [-0.2, 0) is 10.5 Å². The molecule has 2 N–H and O–H groups in total. The highest BCUT2D eigenvalue weighted by molar-refractivity contribution is 8.00. The summed E-state index contributed by atoms with van der Waals surface area (Å²) in [5, 5.41) is 0.733. The van der Waals surface area contributed by atoms with E-state index in [0.29, 0.717) is 36.0 Å². The van der Waals surface area contributed by atoms with Crippen LogP contribution in [0, 0.1) is 13.8 Å². The van der Waals surface area contributed by atoms with Crippen molar-refractivity contribution in [2.24, 2.45) is 0 Å². The van der Waals surface area contributed by atoms with Gasteiger partial charge >= 0.3 is 0 Å². The van der Waals surface area contributed by atoms with Crippen molar-refractivity contribution in [3.8, 4) is 11.5 Å². The first-order valence-electron chi connectivity index (χ1n) is 10.6. The summed E-state index contributed by atoms with van der Waals surface area (Å²) >= 11 is 2.89. The van der Waals surface area contributed by atoms with Crippen LogP contribution in [0.25, 0.3) is 0 Å². The first kappa shape index (κ1) is 23.9. The Morgan fingerprint density at radius 2 is 1.59 bits per heavy atom. The third kappa shape index (κ3) is 6.64. The number of hydrazine groups is 1. The number of benzene rings is 2. The lowest BCUT2D eigenvalue weighted by molar-refractivity contribution is -0.119. The molecule has 2 aromatic carbocycles. The number of rotatable bonds is 7. The van der Waals surface area contributed by atoms with E-state index in [1.54, 1.807) is 23.9 Å². The zero-order valence-electron chi connectivity index (χ0n) is 18.8. The van der Waals surface area contributed by atoms with Crippen LogP contribution in [0.3, 0.4) is 0 Å². The Balaban J connectivity index is 1.21. The van der Waals surface area contributed by atoms with Crippen LogP contribution >= 0.6 is 23.5 Å². The number of nitrogens with one attached hydrogen (secondary N) is 2. The first-order chi connectivity index (χ1) is 16.5. The Morgan fingerprint density at radius 1 is 0.882 bits per heavy atom. The van der Waals surface area contributed by atoms with E-state index in [1.165, 1.54) is 11.8 Å². The number of nitrogens with zero attached hydrogens (tertiary/aromatic N) is 2. The summed E-state index contributed by atoms with van der Waals surface area (Å²) in [5.74, 6) is 1.53. The third-order valence-corrected chi connectivity index (χ3v) is 6.66. The van der Waals surface area contributed by atoms with E-state index in [1.807, 2.05) is 50.2 Å². The molecule has 0 spiro atoms. The molecule has 2 heterocycles. The van der Waals surface area contributed by atoms with E-state index in [-0.39, 0.29) is 17.6 Å². The van der Waals surface area contributed by atoms with Crippen molar-refractivity contribution in [2.75, 3.05) is 19.0 Å². The zero-order chi connectivity index (χ0) is 23.9. The maximum Gasteiger partial charge on any atom is 0.269 e. The molecule has 0 bridgehead atoms. The van der Waals surface area contributed by atoms with Crippen molar-refractivity contribution in [2.45, 2.75) is 29.7 Å². The molecule has 3 aromatic rings. The van der Waals surface area contributed by atoms with Gasteiger partial charge in [0.15, 0.2) is 16.7 Å². The van der Waals surface area contributed by atoms with Gasteiger partial charge in [-0.3, -0.25) is 20.4 Å². The highest BCUT2D eigenvalue weighted by Gasteiger charge is 2.13. The Hall–Kier alpha value is -3.24. The van der Waals surface area contributed by atoms with Crippen molar-refractivity contribution in [1.29, 1.82) is 0 Å². The SMILES string of the molecule is Cc1cc(C)nc(SCc2ccc(C(=O)NNC(=O)CSc3ccc4c(c3)OCCO4)cc2)n1. The number of aryl methyl sites for hydroxylation is 2. The molecule has 0 saturated heterocycles. The van der Waals surface area contributed by atoms with E-state index in [4.69, 9.17) is 9.47 Å². The second kappa shape index (κ2) is 11.3. The Labute approximate surface area is 206 Å². The van der Waals surface area contributed by atoms with Gasteiger partial charge < -0.3 is 9.47 Å². The van der Waals surface area contributed by atoms with Crippen LogP contribution in [-0.4, -0.2) is 40.7 Å². The highest BCUT2D eigenvalue weighted by Crippen LogP contribution is 2.34. The molecule has 34 heavy (non-hydrogen) atoms. The summed E-state index contributed by atoms with van der Waals surface area (Å²) in [6.45, 7) is 4.93. The van der Waals surface area contributed by atoms with Gasteiger partial charge in [0.1, 0.15) is 13.2 Å². The zero-order valence-corrected chi connectivity index (χ0v) is 20.4. The number of hydrogen-bond donors (Lipinski definition) is 2. The van der Waals surface area contributed by atoms with E-state index < -0.39 is 0 Å². The molecule has 0 fully saturated rings. The molecule has 0 saturated carbocycles. The van der Waals surface area contributed by atoms with Gasteiger partial charge in [0.2, 0.25) is 5.91 Å². The minimum absolute atomic E-state index is 0.149. The molecular formula is C24H24N4O4S2. The molecule has 176 valence electrons. The van der Waals surface area contributed by atoms with Crippen LogP contribution < -0.4 is 20.3 Å². The van der Waals surface area contributed by atoms with Crippen LogP contribution in [0.5, 0.6) is 11.5 Å². The Morgan fingerprint density at radius 3 is 2.32 bits per heavy atom. The number of ether oxygens (including phenoxy) is 2. The number of carbonyl (C=O) groups is 2. The summed E-state index contributed by atoms with van der Waals surface area (Å²) in [6, 6.07) is 14.7. The van der Waals surface area contributed by atoms with E-state index in [2.05, 4.69) is 20.8 Å². The van der Waals surface area contributed by atoms with E-state index in [0.717, 1.165) is 27.0 Å². The maximum absolute atomic E-state index is 12.4. The average Bonchev–Trinajstić information content (AvgIpc) is 2.84. The molecule has 0 atom stereocenters. The molecule has 1 aliphatic rings. The Bertz CT molecular complexity index is 1170. The second-order valence-corrected chi connectivity index (χ2v) is 9.51. The predicted molar refractivity (Wildman–Crippen MR) is 131 cm³/mol. The van der Waals surface area contributed by atoms with Crippen LogP contribution in [0.1, 0.15) is 27.3 Å². The lowest BCUT2D eigenvalue weighted by Gasteiger charge is -2.18. The largest absolute Gasteiger partial charge is 0.486 e. The second-order valence-electron chi connectivity index (χ2n) is 7.52. The fourth-order valence-electron chi connectivity index (χ4n) is 3.16. The van der Waals surface area contributed by atoms with Gasteiger partial charge in [0, 0.05) is 27.6 Å². The smallest absolute Gasteiger partial charge is 0.269 e. The fourth-order valence-corrected chi connectivity index (χ4v) is 4.79. The summed E-state index contributed by atoms with van der Waals surface area (Å²) in [6.07, 6.45) is 0. The molecule has 0 radical (unpaired) electrons. The summed E-state index contributed by atoms with van der Waals surface area (Å²) in [7, 11) is 0. The number of thioether (sulfide) groups is 2.